The molecule has 1 aliphatic carbocycles. The van der Waals surface area contributed by atoms with Gasteiger partial charge in [-0.25, -0.2) is 0 Å². The highest BCUT2D eigenvalue weighted by Gasteiger charge is 2.39. The summed E-state index contributed by atoms with van der Waals surface area (Å²) >= 11 is 0. The van der Waals surface area contributed by atoms with E-state index in [-0.39, 0.29) is 11.8 Å². The van der Waals surface area contributed by atoms with Crippen molar-refractivity contribution in [1.29, 1.82) is 0 Å². The van der Waals surface area contributed by atoms with Gasteiger partial charge in [0.05, 0.1) is 5.69 Å². The number of amides is 1. The zero-order chi connectivity index (χ0) is 20.9. The van der Waals surface area contributed by atoms with E-state index in [2.05, 4.69) is 22.4 Å². The third-order valence-electron chi connectivity index (χ3n) is 5.57. The van der Waals surface area contributed by atoms with Crippen LogP contribution in [0.25, 0.3) is 22.0 Å². The Balaban J connectivity index is 1.76. The molecule has 0 radical (unpaired) electrons. The molecule has 6 nitrogen and oxygen atoms in total. The second kappa shape index (κ2) is 6.96. The third-order valence-corrected chi connectivity index (χ3v) is 7.09. The van der Waals surface area contributed by atoms with E-state index >= 15 is 0 Å². The van der Waals surface area contributed by atoms with Crippen LogP contribution in [0.4, 0.5) is 11.5 Å². The molecule has 4 rings (SSSR count). The first-order valence-corrected chi connectivity index (χ1v) is 12.3. The SMILES string of the molecule is Cc1ccc(P(C)(C)=O)cc1-c1cc(N)c2nnc(NC(=O)[C@@H]3C[C@H]3C)cc2c1. The van der Waals surface area contributed by atoms with Crippen molar-refractivity contribution in [3.8, 4) is 11.1 Å². The molecule has 1 aromatic heterocycles. The molecule has 1 aliphatic rings. The van der Waals surface area contributed by atoms with Crippen LogP contribution in [0.1, 0.15) is 18.9 Å². The standard InChI is InChI=1S/C22H25N4O2P/c1-12-5-6-16(29(3,4)28)11-17(12)14-8-15-10-20(24-22(27)18-7-13(18)2)25-26-21(15)19(23)9-14/h5-6,8-11,13,18H,7,23H2,1-4H3,(H,24,25,27)/t13-,18-/m1/s1. The van der Waals surface area contributed by atoms with Crippen molar-refractivity contribution >= 4 is 40.8 Å². The number of carbonyl (C=O) groups is 1. The molecule has 1 fully saturated rings. The Morgan fingerprint density at radius 1 is 1.17 bits per heavy atom. The second-order valence-electron chi connectivity index (χ2n) is 8.39. The Labute approximate surface area is 170 Å². The van der Waals surface area contributed by atoms with Gasteiger partial charge in [-0.2, -0.15) is 0 Å². The van der Waals surface area contributed by atoms with Crippen molar-refractivity contribution in [2.24, 2.45) is 11.8 Å². The van der Waals surface area contributed by atoms with Gasteiger partial charge in [0.25, 0.3) is 0 Å². The monoisotopic (exact) mass is 408 g/mol. The van der Waals surface area contributed by atoms with Crippen molar-refractivity contribution in [2.45, 2.75) is 20.3 Å². The summed E-state index contributed by atoms with van der Waals surface area (Å²) in [7, 11) is -2.38. The maximum absolute atomic E-state index is 12.5. The van der Waals surface area contributed by atoms with E-state index in [9.17, 15) is 9.36 Å². The van der Waals surface area contributed by atoms with E-state index in [4.69, 9.17) is 5.73 Å². The summed E-state index contributed by atoms with van der Waals surface area (Å²) in [6, 6.07) is 11.5. The molecule has 1 heterocycles. The molecule has 2 aromatic carbocycles. The Bertz CT molecular complexity index is 1180. The Morgan fingerprint density at radius 3 is 2.55 bits per heavy atom. The lowest BCUT2D eigenvalue weighted by Gasteiger charge is -2.14. The van der Waals surface area contributed by atoms with E-state index < -0.39 is 7.14 Å². The molecule has 0 saturated heterocycles. The van der Waals surface area contributed by atoms with Gasteiger partial charge in [-0.05, 0) is 73.5 Å². The summed E-state index contributed by atoms with van der Waals surface area (Å²) in [6.07, 6.45) is 0.915. The number of hydrogen-bond donors (Lipinski definition) is 2. The van der Waals surface area contributed by atoms with Gasteiger partial charge in [0, 0.05) is 16.6 Å². The van der Waals surface area contributed by atoms with E-state index in [0.29, 0.717) is 22.9 Å². The van der Waals surface area contributed by atoms with E-state index in [1.807, 2.05) is 37.3 Å². The predicted octanol–water partition coefficient (Wildman–Crippen LogP) is 4.03. The second-order valence-corrected chi connectivity index (χ2v) is 11.6. The van der Waals surface area contributed by atoms with E-state index in [0.717, 1.165) is 33.8 Å². The molecular formula is C22H25N4O2P. The third kappa shape index (κ3) is 3.90. The highest BCUT2D eigenvalue weighted by Crippen LogP contribution is 2.39. The number of carbonyl (C=O) groups excluding carboxylic acids is 1. The van der Waals surface area contributed by atoms with Gasteiger partial charge in [-0.1, -0.05) is 19.1 Å². The maximum Gasteiger partial charge on any atom is 0.228 e. The summed E-state index contributed by atoms with van der Waals surface area (Å²) in [5, 5.41) is 12.8. The largest absolute Gasteiger partial charge is 0.397 e. The zero-order valence-electron chi connectivity index (χ0n) is 17.1. The van der Waals surface area contributed by atoms with Gasteiger partial charge in [-0.15, -0.1) is 10.2 Å². The normalized spacial score (nSPS) is 18.6. The number of nitrogen functional groups attached to an aromatic ring is 1. The van der Waals surface area contributed by atoms with Gasteiger partial charge in [-0.3, -0.25) is 4.79 Å². The number of aromatic nitrogens is 2. The number of nitrogens with zero attached hydrogens (tertiary/aromatic N) is 2. The Hall–Kier alpha value is -2.72. The van der Waals surface area contributed by atoms with Crippen LogP contribution in [0.15, 0.2) is 36.4 Å². The minimum Gasteiger partial charge on any atom is -0.397 e. The fourth-order valence-electron chi connectivity index (χ4n) is 3.56. The zero-order valence-corrected chi connectivity index (χ0v) is 18.0. The molecule has 1 saturated carbocycles. The number of hydrogen-bond acceptors (Lipinski definition) is 5. The van der Waals surface area contributed by atoms with Crippen LogP contribution < -0.4 is 16.4 Å². The lowest BCUT2D eigenvalue weighted by molar-refractivity contribution is -0.117. The van der Waals surface area contributed by atoms with Crippen LogP contribution in [-0.2, 0) is 9.36 Å². The highest BCUT2D eigenvalue weighted by atomic mass is 31.2. The maximum atomic E-state index is 12.5. The molecule has 0 aliphatic heterocycles. The summed E-state index contributed by atoms with van der Waals surface area (Å²) in [4.78, 5) is 12.2. The number of nitrogens with two attached hydrogens (primary N) is 1. The topological polar surface area (TPSA) is 98.0 Å². The van der Waals surface area contributed by atoms with Gasteiger partial charge >= 0.3 is 0 Å². The minimum atomic E-state index is -2.38. The molecule has 150 valence electrons. The van der Waals surface area contributed by atoms with Gasteiger partial charge in [0.1, 0.15) is 12.7 Å². The first kappa shape index (κ1) is 19.6. The van der Waals surface area contributed by atoms with Crippen LogP contribution in [0, 0.1) is 18.8 Å². The van der Waals surface area contributed by atoms with E-state index in [1.54, 1.807) is 19.4 Å². The van der Waals surface area contributed by atoms with Gasteiger partial charge < -0.3 is 15.6 Å². The summed E-state index contributed by atoms with van der Waals surface area (Å²) in [5.74, 6) is 0.901. The van der Waals surface area contributed by atoms with Crippen molar-refractivity contribution in [3.05, 3.63) is 42.0 Å². The van der Waals surface area contributed by atoms with Crippen molar-refractivity contribution < 1.29 is 9.36 Å². The first-order valence-electron chi connectivity index (χ1n) is 9.68. The molecule has 29 heavy (non-hydrogen) atoms. The summed E-state index contributed by atoms with van der Waals surface area (Å²) in [5.41, 5.74) is 10.3. The predicted molar refractivity (Wildman–Crippen MR) is 119 cm³/mol. The average molecular weight is 408 g/mol. The fraction of sp³-hybridized carbons (Fsp3) is 0.318. The highest BCUT2D eigenvalue weighted by molar-refractivity contribution is 7.70. The van der Waals surface area contributed by atoms with Crippen LogP contribution in [0.5, 0.6) is 0 Å². The number of fused-ring (bicyclic) bond motifs is 1. The van der Waals surface area contributed by atoms with Gasteiger partial charge in [0.2, 0.25) is 5.91 Å². The van der Waals surface area contributed by atoms with Gasteiger partial charge in [0.15, 0.2) is 5.82 Å². The molecule has 0 spiro atoms. The molecule has 3 aromatic rings. The van der Waals surface area contributed by atoms with Crippen molar-refractivity contribution in [2.75, 3.05) is 24.4 Å². The lowest BCUT2D eigenvalue weighted by atomic mass is 9.98. The first-order chi connectivity index (χ1) is 13.6. The number of benzene rings is 2. The van der Waals surface area contributed by atoms with Crippen molar-refractivity contribution in [3.63, 3.8) is 0 Å². The summed E-state index contributed by atoms with van der Waals surface area (Å²) < 4.78 is 12.5. The quantitative estimate of drug-likeness (QED) is 0.502. The summed E-state index contributed by atoms with van der Waals surface area (Å²) in [6.45, 7) is 7.61. The van der Waals surface area contributed by atoms with Crippen LogP contribution in [0.3, 0.4) is 0 Å². The molecule has 7 heteroatoms. The number of rotatable bonds is 4. The molecule has 0 unspecified atom stereocenters. The molecule has 1 amide bonds. The van der Waals surface area contributed by atoms with Crippen LogP contribution in [-0.4, -0.2) is 29.4 Å². The molecule has 0 bridgehead atoms. The Kier molecular flexibility index (Phi) is 4.70. The van der Waals surface area contributed by atoms with E-state index in [1.165, 1.54) is 0 Å². The molecular weight excluding hydrogens is 383 g/mol. The van der Waals surface area contributed by atoms with Crippen LogP contribution >= 0.6 is 7.14 Å². The van der Waals surface area contributed by atoms with Crippen molar-refractivity contribution in [1.82, 2.24) is 10.2 Å². The number of nitrogens with one attached hydrogen (secondary N) is 1. The Morgan fingerprint density at radius 2 is 1.90 bits per heavy atom. The minimum absolute atomic E-state index is 0.0135. The molecule has 2 atom stereocenters. The average Bonchev–Trinajstić information content (AvgIpc) is 3.37. The molecule has 3 N–H and O–H groups in total. The number of aryl methyl sites for hydroxylation is 1. The fourth-order valence-corrected chi connectivity index (χ4v) is 4.44. The van der Waals surface area contributed by atoms with Crippen LogP contribution in [0.2, 0.25) is 0 Å². The smallest absolute Gasteiger partial charge is 0.228 e. The lowest BCUT2D eigenvalue weighted by Crippen LogP contribution is -2.15. The number of anilines is 2.